The van der Waals surface area contributed by atoms with E-state index in [9.17, 15) is 54.0 Å². The third kappa shape index (κ3) is 12.1. The van der Waals surface area contributed by atoms with Gasteiger partial charge in [0.25, 0.3) is 35.4 Å². The summed E-state index contributed by atoms with van der Waals surface area (Å²) in [4.78, 5) is 98.0. The fraction of sp³-hybridized carbons (Fsp3) is 0.364. The fourth-order valence-corrected chi connectivity index (χ4v) is 9.31. The number of hydrogen-bond donors (Lipinski definition) is 6. The van der Waals surface area contributed by atoms with Gasteiger partial charge in [-0.25, -0.2) is 4.79 Å². The molecule has 2 aromatic heterocycles. The van der Waals surface area contributed by atoms with Crippen LogP contribution in [0.2, 0.25) is 0 Å². The highest BCUT2D eigenvalue weighted by atomic mass is 16.7. The SMILES string of the molecule is CCNC(=O)c1nnc(-c2cc(C(C)C)c(O)cc2O)n1-c1ccc(C(=O)N2CCN(C(=O)COC(=O)OCC(=O)N3CCN(C(=O)c4ccc(-n5c(C(=O)NCC)nnc5-c5cc(C(C)C)c(O)cc5O)cc4)CC3)CC2)cc1. The van der Waals surface area contributed by atoms with Gasteiger partial charge in [0.15, 0.2) is 24.9 Å². The van der Waals surface area contributed by atoms with Crippen LogP contribution in [0.4, 0.5) is 4.79 Å². The zero-order chi connectivity index (χ0) is 57.5. The third-order valence-electron chi connectivity index (χ3n) is 13.6. The number of phenols is 4. The summed E-state index contributed by atoms with van der Waals surface area (Å²) in [5, 5.41) is 64.8. The number of piperazine rings is 2. The van der Waals surface area contributed by atoms with Crippen LogP contribution in [-0.2, 0) is 19.1 Å². The van der Waals surface area contributed by atoms with Crippen LogP contribution in [0.15, 0.2) is 72.8 Å². The molecule has 0 spiro atoms. The molecule has 0 radical (unpaired) electrons. The molecule has 2 aliphatic rings. The van der Waals surface area contributed by atoms with Gasteiger partial charge < -0.3 is 60.1 Å². The number of nitrogens with one attached hydrogen (secondary N) is 2. The smallest absolute Gasteiger partial charge is 0.508 e. The molecule has 6 aromatic rings. The number of ether oxygens (including phenoxy) is 2. The van der Waals surface area contributed by atoms with Crippen LogP contribution in [0.25, 0.3) is 34.2 Å². The van der Waals surface area contributed by atoms with Crippen molar-refractivity contribution in [2.24, 2.45) is 0 Å². The van der Waals surface area contributed by atoms with Gasteiger partial charge in [0.1, 0.15) is 23.0 Å². The fourth-order valence-electron chi connectivity index (χ4n) is 9.31. The average Bonchev–Trinajstić information content (AvgIpc) is 4.14. The van der Waals surface area contributed by atoms with Crippen molar-refractivity contribution in [3.63, 3.8) is 0 Å². The molecule has 25 nitrogen and oxygen atoms in total. The Bertz CT molecular complexity index is 3100. The maximum absolute atomic E-state index is 13.6. The maximum atomic E-state index is 13.6. The number of nitrogens with zero attached hydrogens (tertiary/aromatic N) is 10. The minimum Gasteiger partial charge on any atom is -0.508 e. The van der Waals surface area contributed by atoms with Gasteiger partial charge in [0.05, 0.1) is 11.1 Å². The Balaban J connectivity index is 0.792. The number of benzene rings is 4. The Hall–Kier alpha value is -9.55. The lowest BCUT2D eigenvalue weighted by Crippen LogP contribution is -2.51. The molecule has 8 rings (SSSR count). The van der Waals surface area contributed by atoms with Gasteiger partial charge in [-0.1, -0.05) is 27.7 Å². The molecule has 0 unspecified atom stereocenters. The summed E-state index contributed by atoms with van der Waals surface area (Å²) in [7, 11) is 0. The van der Waals surface area contributed by atoms with Crippen LogP contribution in [-0.4, -0.2) is 190 Å². The van der Waals surface area contributed by atoms with Gasteiger partial charge in [-0.3, -0.25) is 37.9 Å². The lowest BCUT2D eigenvalue weighted by Gasteiger charge is -2.35. The Labute approximate surface area is 459 Å². The molecule has 6 N–H and O–H groups in total. The highest BCUT2D eigenvalue weighted by Gasteiger charge is 2.31. The normalized spacial score (nSPS) is 13.6. The van der Waals surface area contributed by atoms with Crippen LogP contribution in [0.3, 0.4) is 0 Å². The van der Waals surface area contributed by atoms with Gasteiger partial charge in [-0.05, 0) is 97.5 Å². The van der Waals surface area contributed by atoms with E-state index < -0.39 is 43.0 Å². The Morgan fingerprint density at radius 2 is 0.825 bits per heavy atom. The summed E-state index contributed by atoms with van der Waals surface area (Å²) in [5.74, 6) is -3.54. The monoisotopic (exact) mass is 1100 g/mol. The molecule has 0 saturated carbocycles. The molecule has 4 heterocycles. The molecule has 6 amide bonds. The Morgan fingerprint density at radius 3 is 1.15 bits per heavy atom. The number of amides is 6. The molecule has 25 heteroatoms. The third-order valence-corrected chi connectivity index (χ3v) is 13.6. The van der Waals surface area contributed by atoms with E-state index >= 15 is 0 Å². The van der Waals surface area contributed by atoms with E-state index in [1.165, 1.54) is 31.1 Å². The predicted octanol–water partition coefficient (Wildman–Crippen LogP) is 4.17. The van der Waals surface area contributed by atoms with E-state index in [0.29, 0.717) is 46.7 Å². The minimum atomic E-state index is -1.23. The van der Waals surface area contributed by atoms with Gasteiger partial charge in [0.2, 0.25) is 11.6 Å². The summed E-state index contributed by atoms with van der Waals surface area (Å²) >= 11 is 0. The molecule has 2 aliphatic heterocycles. The minimum absolute atomic E-state index is 0.0650. The standard InChI is InChI=1S/C55H62N12O13/c1-7-56-51(74)49-60-58-47(39-25-37(31(3)4)41(68)27-43(39)70)66(49)35-13-9-33(10-14-35)53(76)64-21-17-62(18-22-64)45(72)29-79-55(78)80-30-46(73)63-19-23-65(24-20-63)54(77)34-11-15-36(16-12-34)67-48(59-61-50(67)52(75)57-8-2)40-26-38(32(5)6)42(69)28-44(40)71/h9-16,25-28,31-32,68-71H,7-8,17-24,29-30H2,1-6H3,(H,56,74)(H,57,75). The molecule has 0 aliphatic carbocycles. The average molecular weight is 1100 g/mol. The summed E-state index contributed by atoms with van der Waals surface area (Å²) in [6.07, 6.45) is -1.23. The van der Waals surface area contributed by atoms with Gasteiger partial charge in [0, 0.05) is 100 Å². The number of rotatable bonds is 16. The number of carbonyl (C=O) groups is 7. The van der Waals surface area contributed by atoms with Crippen molar-refractivity contribution in [3.05, 3.63) is 107 Å². The first-order valence-electron chi connectivity index (χ1n) is 26.0. The second-order valence-corrected chi connectivity index (χ2v) is 19.5. The van der Waals surface area contributed by atoms with Crippen LogP contribution in [0.5, 0.6) is 23.0 Å². The van der Waals surface area contributed by atoms with Crippen LogP contribution < -0.4 is 10.6 Å². The number of aromatic nitrogens is 6. The summed E-state index contributed by atoms with van der Waals surface area (Å²) < 4.78 is 13.0. The van der Waals surface area contributed by atoms with Crippen LogP contribution in [0, 0.1) is 0 Å². The van der Waals surface area contributed by atoms with E-state index in [2.05, 4.69) is 31.0 Å². The lowest BCUT2D eigenvalue weighted by atomic mass is 9.98. The molecule has 2 fully saturated rings. The highest BCUT2D eigenvalue weighted by Crippen LogP contribution is 2.40. The number of carbonyl (C=O) groups excluding carboxylic acids is 7. The topological polar surface area (TPSA) is 317 Å². The molecule has 80 heavy (non-hydrogen) atoms. The van der Waals surface area contributed by atoms with E-state index in [1.54, 1.807) is 84.3 Å². The molecule has 0 bridgehead atoms. The van der Waals surface area contributed by atoms with Crippen LogP contribution >= 0.6 is 0 Å². The van der Waals surface area contributed by atoms with E-state index in [-0.39, 0.29) is 133 Å². The van der Waals surface area contributed by atoms with Gasteiger partial charge in [-0.15, -0.1) is 20.4 Å². The number of hydrogen-bond acceptors (Lipinski definition) is 17. The largest absolute Gasteiger partial charge is 0.509 e. The predicted molar refractivity (Wildman–Crippen MR) is 287 cm³/mol. The zero-order valence-corrected chi connectivity index (χ0v) is 45.0. The van der Waals surface area contributed by atoms with Crippen molar-refractivity contribution in [2.75, 3.05) is 78.7 Å². The summed E-state index contributed by atoms with van der Waals surface area (Å²) in [6.45, 7) is 11.6. The molecular formula is C55H62N12O13. The second-order valence-electron chi connectivity index (χ2n) is 19.5. The van der Waals surface area contributed by atoms with Crippen molar-refractivity contribution < 1.29 is 63.5 Å². The van der Waals surface area contributed by atoms with E-state index in [1.807, 2.05) is 27.7 Å². The van der Waals surface area contributed by atoms with Crippen molar-refractivity contribution >= 4 is 41.6 Å². The van der Waals surface area contributed by atoms with E-state index in [0.717, 1.165) is 0 Å². The second kappa shape index (κ2) is 24.4. The van der Waals surface area contributed by atoms with Crippen molar-refractivity contribution in [3.8, 4) is 57.1 Å². The molecule has 4 aromatic carbocycles. The molecule has 2 saturated heterocycles. The van der Waals surface area contributed by atoms with Gasteiger partial charge in [-0.2, -0.15) is 0 Å². The van der Waals surface area contributed by atoms with E-state index in [4.69, 9.17) is 9.47 Å². The molecule has 420 valence electrons. The Kier molecular flexibility index (Phi) is 17.3. The number of phenolic OH excluding ortho intramolecular Hbond substituents is 4. The van der Waals surface area contributed by atoms with Crippen LogP contribution in [0.1, 0.15) is 106 Å². The number of aromatic hydroxyl groups is 4. The van der Waals surface area contributed by atoms with Gasteiger partial charge >= 0.3 is 6.16 Å². The maximum Gasteiger partial charge on any atom is 0.509 e. The highest BCUT2D eigenvalue weighted by molar-refractivity contribution is 5.96. The molecule has 0 atom stereocenters. The quantitative estimate of drug-likeness (QED) is 0.0741. The molecular weight excluding hydrogens is 1040 g/mol. The zero-order valence-electron chi connectivity index (χ0n) is 45.0. The lowest BCUT2D eigenvalue weighted by molar-refractivity contribution is -0.138. The first-order valence-corrected chi connectivity index (χ1v) is 26.0. The first-order chi connectivity index (χ1) is 38.3. The van der Waals surface area contributed by atoms with Crippen molar-refractivity contribution in [1.29, 1.82) is 0 Å². The van der Waals surface area contributed by atoms with Crippen molar-refractivity contribution in [2.45, 2.75) is 53.4 Å². The first kappa shape index (κ1) is 56.6. The van der Waals surface area contributed by atoms with Crippen molar-refractivity contribution in [1.82, 2.24) is 59.8 Å². The Morgan fingerprint density at radius 1 is 0.487 bits per heavy atom. The summed E-state index contributed by atoms with van der Waals surface area (Å²) in [5.41, 5.74) is 3.04. The summed E-state index contributed by atoms with van der Waals surface area (Å²) in [6, 6.07) is 18.4.